The molecule has 15 heavy (non-hydrogen) atoms. The van der Waals surface area contributed by atoms with E-state index in [0.717, 1.165) is 23.5 Å². The molecular weight excluding hydrogens is 210 g/mol. The monoisotopic (exact) mass is 227 g/mol. The second-order valence-electron chi connectivity index (χ2n) is 3.32. The van der Waals surface area contributed by atoms with Crippen molar-refractivity contribution in [3.05, 3.63) is 15.6 Å². The number of hydrogen-bond acceptors (Lipinski definition) is 4. The Labute approximate surface area is 93.9 Å². The van der Waals surface area contributed by atoms with Gasteiger partial charge in [-0.3, -0.25) is 4.79 Å². The van der Waals surface area contributed by atoms with Crippen LogP contribution in [0.5, 0.6) is 0 Å². The van der Waals surface area contributed by atoms with Gasteiger partial charge in [0, 0.05) is 13.1 Å². The predicted octanol–water partition coefficient (Wildman–Crippen LogP) is 1.09. The molecule has 0 aromatic carbocycles. The summed E-state index contributed by atoms with van der Waals surface area (Å²) in [5, 5.41) is 3.79. The number of carbonyl (C=O) groups excluding carboxylic acids is 1. The van der Waals surface area contributed by atoms with E-state index in [1.54, 1.807) is 0 Å². The second kappa shape index (κ2) is 5.82. The Balaban J connectivity index is 2.71. The van der Waals surface area contributed by atoms with Crippen molar-refractivity contribution in [3.8, 4) is 0 Å². The summed E-state index contributed by atoms with van der Waals surface area (Å²) in [7, 11) is 0. The third-order valence-corrected chi connectivity index (χ3v) is 3.16. The number of nitrogens with two attached hydrogens (primary N) is 1. The number of rotatable bonds is 5. The fraction of sp³-hybridized carbons (Fsp3) is 0.600. The molecule has 0 fully saturated rings. The molecule has 0 atom stereocenters. The van der Waals surface area contributed by atoms with Crippen LogP contribution in [0.4, 0.5) is 0 Å². The van der Waals surface area contributed by atoms with Gasteiger partial charge in [-0.15, -0.1) is 11.3 Å². The van der Waals surface area contributed by atoms with Gasteiger partial charge in [0.05, 0.1) is 10.7 Å². The van der Waals surface area contributed by atoms with Crippen LogP contribution in [-0.2, 0) is 6.42 Å². The Morgan fingerprint density at radius 3 is 2.93 bits per heavy atom. The molecule has 1 amide bonds. The maximum atomic E-state index is 11.6. The highest BCUT2D eigenvalue weighted by molar-refractivity contribution is 7.13. The van der Waals surface area contributed by atoms with Crippen molar-refractivity contribution in [2.75, 3.05) is 13.1 Å². The average molecular weight is 227 g/mol. The molecule has 0 aliphatic heterocycles. The third kappa shape index (κ3) is 3.28. The summed E-state index contributed by atoms with van der Waals surface area (Å²) >= 11 is 1.48. The van der Waals surface area contributed by atoms with E-state index in [2.05, 4.69) is 17.2 Å². The van der Waals surface area contributed by atoms with E-state index in [1.165, 1.54) is 11.3 Å². The summed E-state index contributed by atoms with van der Waals surface area (Å²) in [5.74, 6) is -0.0576. The molecular formula is C10H17N3OS. The second-order valence-corrected chi connectivity index (χ2v) is 4.40. The first-order valence-electron chi connectivity index (χ1n) is 5.13. The SMILES string of the molecule is CCCc1nc(C)c(C(=O)NCCN)s1. The summed E-state index contributed by atoms with van der Waals surface area (Å²) in [4.78, 5) is 16.7. The van der Waals surface area contributed by atoms with Gasteiger partial charge in [0.2, 0.25) is 0 Å². The van der Waals surface area contributed by atoms with Crippen molar-refractivity contribution in [1.29, 1.82) is 0 Å². The molecule has 84 valence electrons. The topological polar surface area (TPSA) is 68.0 Å². The molecule has 0 unspecified atom stereocenters. The van der Waals surface area contributed by atoms with Crippen LogP contribution in [0.3, 0.4) is 0 Å². The Bertz CT molecular complexity index is 335. The molecule has 5 heteroatoms. The van der Waals surface area contributed by atoms with Crippen LogP contribution in [0.15, 0.2) is 0 Å². The minimum absolute atomic E-state index is 0.0576. The zero-order valence-corrected chi connectivity index (χ0v) is 9.99. The van der Waals surface area contributed by atoms with Crippen LogP contribution in [0.2, 0.25) is 0 Å². The van der Waals surface area contributed by atoms with E-state index in [0.29, 0.717) is 18.0 Å². The number of nitrogens with zero attached hydrogens (tertiary/aromatic N) is 1. The largest absolute Gasteiger partial charge is 0.350 e. The highest BCUT2D eigenvalue weighted by Crippen LogP contribution is 2.18. The third-order valence-electron chi connectivity index (χ3n) is 1.94. The fourth-order valence-electron chi connectivity index (χ4n) is 1.25. The lowest BCUT2D eigenvalue weighted by Crippen LogP contribution is -2.28. The minimum Gasteiger partial charge on any atom is -0.350 e. The molecule has 0 aliphatic rings. The number of hydrogen-bond donors (Lipinski definition) is 2. The van der Waals surface area contributed by atoms with Gasteiger partial charge < -0.3 is 11.1 Å². The number of amides is 1. The van der Waals surface area contributed by atoms with Gasteiger partial charge in [-0.25, -0.2) is 4.98 Å². The van der Waals surface area contributed by atoms with Gasteiger partial charge in [0.15, 0.2) is 0 Å². The maximum absolute atomic E-state index is 11.6. The van der Waals surface area contributed by atoms with Gasteiger partial charge >= 0.3 is 0 Å². The number of aryl methyl sites for hydroxylation is 2. The average Bonchev–Trinajstić information content (AvgIpc) is 2.57. The van der Waals surface area contributed by atoms with Crippen LogP contribution in [0.25, 0.3) is 0 Å². The highest BCUT2D eigenvalue weighted by atomic mass is 32.1. The fourth-order valence-corrected chi connectivity index (χ4v) is 2.33. The normalized spacial score (nSPS) is 10.3. The first-order chi connectivity index (χ1) is 7.19. The molecule has 1 aromatic rings. The van der Waals surface area contributed by atoms with Crippen LogP contribution < -0.4 is 11.1 Å². The molecule has 1 rings (SSSR count). The highest BCUT2D eigenvalue weighted by Gasteiger charge is 2.13. The van der Waals surface area contributed by atoms with Gasteiger partial charge in [-0.1, -0.05) is 6.92 Å². The molecule has 0 saturated carbocycles. The molecule has 0 spiro atoms. The molecule has 4 nitrogen and oxygen atoms in total. The molecule has 1 heterocycles. The first-order valence-corrected chi connectivity index (χ1v) is 5.95. The Morgan fingerprint density at radius 1 is 1.60 bits per heavy atom. The maximum Gasteiger partial charge on any atom is 0.263 e. The van der Waals surface area contributed by atoms with Crippen LogP contribution in [-0.4, -0.2) is 24.0 Å². The van der Waals surface area contributed by atoms with Crippen molar-refractivity contribution in [3.63, 3.8) is 0 Å². The molecule has 0 radical (unpaired) electrons. The summed E-state index contributed by atoms with van der Waals surface area (Å²) in [6.45, 7) is 4.95. The van der Waals surface area contributed by atoms with E-state index in [-0.39, 0.29) is 5.91 Å². The molecule has 1 aromatic heterocycles. The number of nitrogens with one attached hydrogen (secondary N) is 1. The Kier molecular flexibility index (Phi) is 4.71. The summed E-state index contributed by atoms with van der Waals surface area (Å²) in [6, 6.07) is 0. The van der Waals surface area contributed by atoms with E-state index in [4.69, 9.17) is 5.73 Å². The Hall–Kier alpha value is -0.940. The molecule has 0 bridgehead atoms. The quantitative estimate of drug-likeness (QED) is 0.791. The zero-order chi connectivity index (χ0) is 11.3. The van der Waals surface area contributed by atoms with Gasteiger partial charge in [-0.2, -0.15) is 0 Å². The number of carbonyl (C=O) groups is 1. The lowest BCUT2D eigenvalue weighted by Gasteiger charge is -2.00. The zero-order valence-electron chi connectivity index (χ0n) is 9.17. The van der Waals surface area contributed by atoms with Crippen molar-refractivity contribution in [2.45, 2.75) is 26.7 Å². The van der Waals surface area contributed by atoms with E-state index < -0.39 is 0 Å². The number of thiazole rings is 1. The van der Waals surface area contributed by atoms with Crippen LogP contribution in [0.1, 0.15) is 33.7 Å². The first kappa shape index (κ1) is 12.1. The molecule has 0 saturated heterocycles. The van der Waals surface area contributed by atoms with Crippen molar-refractivity contribution in [2.24, 2.45) is 5.73 Å². The molecule has 0 aliphatic carbocycles. The summed E-state index contributed by atoms with van der Waals surface area (Å²) < 4.78 is 0. The van der Waals surface area contributed by atoms with E-state index >= 15 is 0 Å². The van der Waals surface area contributed by atoms with Crippen LogP contribution >= 0.6 is 11.3 Å². The van der Waals surface area contributed by atoms with Gasteiger partial charge in [-0.05, 0) is 19.8 Å². The van der Waals surface area contributed by atoms with Gasteiger partial charge in [0.25, 0.3) is 5.91 Å². The predicted molar refractivity (Wildman–Crippen MR) is 62.2 cm³/mol. The Morgan fingerprint density at radius 2 is 2.33 bits per heavy atom. The lowest BCUT2D eigenvalue weighted by atomic mass is 10.3. The van der Waals surface area contributed by atoms with Crippen molar-refractivity contribution < 1.29 is 4.79 Å². The van der Waals surface area contributed by atoms with Crippen molar-refractivity contribution >= 4 is 17.2 Å². The van der Waals surface area contributed by atoms with Gasteiger partial charge in [0.1, 0.15) is 4.88 Å². The number of aromatic nitrogens is 1. The van der Waals surface area contributed by atoms with E-state index in [1.807, 2.05) is 6.92 Å². The lowest BCUT2D eigenvalue weighted by molar-refractivity contribution is 0.0958. The molecule has 3 N–H and O–H groups in total. The summed E-state index contributed by atoms with van der Waals surface area (Å²) in [5.41, 5.74) is 6.14. The summed E-state index contributed by atoms with van der Waals surface area (Å²) in [6.07, 6.45) is 1.99. The minimum atomic E-state index is -0.0576. The van der Waals surface area contributed by atoms with Crippen molar-refractivity contribution in [1.82, 2.24) is 10.3 Å². The van der Waals surface area contributed by atoms with E-state index in [9.17, 15) is 4.79 Å². The smallest absolute Gasteiger partial charge is 0.263 e. The van der Waals surface area contributed by atoms with Crippen LogP contribution in [0, 0.1) is 6.92 Å². The standard InChI is InChI=1S/C10H17N3OS/c1-3-4-8-13-7(2)9(15-8)10(14)12-6-5-11/h3-6,11H2,1-2H3,(H,12,14).